The topological polar surface area (TPSA) is 85.1 Å². The second-order valence-electron chi connectivity index (χ2n) is 5.58. The first-order valence-corrected chi connectivity index (χ1v) is 7.73. The molecule has 0 spiro atoms. The lowest BCUT2D eigenvalue weighted by molar-refractivity contribution is 0.340. The highest BCUT2D eigenvalue weighted by atomic mass is 16.5. The van der Waals surface area contributed by atoms with Crippen LogP contribution in [0.5, 0.6) is 5.75 Å². The summed E-state index contributed by atoms with van der Waals surface area (Å²) in [5.74, 6) is 1.89. The molecule has 7 nitrogen and oxygen atoms in total. The lowest BCUT2D eigenvalue weighted by Crippen LogP contribution is -2.26. The van der Waals surface area contributed by atoms with Gasteiger partial charge in [0.2, 0.25) is 11.7 Å². The van der Waals surface area contributed by atoms with E-state index in [0.29, 0.717) is 17.4 Å². The van der Waals surface area contributed by atoms with Gasteiger partial charge in [-0.25, -0.2) is 10.9 Å². The standard InChI is InChI=1S/C17H17N5O2/c1-23-12-6-4-5-11(9-12)14-10-15(21-20-14)17-19-16(22-24-17)13-7-2-3-8-18-13/h2-9,14-15,20-21H,10H2,1H3. The number of nitrogens with zero attached hydrogens (tertiary/aromatic N) is 3. The summed E-state index contributed by atoms with van der Waals surface area (Å²) in [5.41, 5.74) is 8.33. The number of hydrazine groups is 1. The monoisotopic (exact) mass is 323 g/mol. The number of ether oxygens (including phenoxy) is 1. The first kappa shape index (κ1) is 14.8. The smallest absolute Gasteiger partial charge is 0.245 e. The van der Waals surface area contributed by atoms with E-state index in [0.717, 1.165) is 17.7 Å². The lowest BCUT2D eigenvalue weighted by Gasteiger charge is -2.10. The van der Waals surface area contributed by atoms with Gasteiger partial charge in [-0.1, -0.05) is 23.4 Å². The van der Waals surface area contributed by atoms with Crippen LogP contribution in [-0.2, 0) is 0 Å². The maximum absolute atomic E-state index is 5.40. The van der Waals surface area contributed by atoms with E-state index in [1.54, 1.807) is 13.3 Å². The molecule has 0 aliphatic carbocycles. The van der Waals surface area contributed by atoms with E-state index >= 15 is 0 Å². The van der Waals surface area contributed by atoms with Gasteiger partial charge in [-0.2, -0.15) is 4.98 Å². The van der Waals surface area contributed by atoms with Gasteiger partial charge >= 0.3 is 0 Å². The quantitative estimate of drug-likeness (QED) is 0.762. The third-order valence-corrected chi connectivity index (χ3v) is 4.03. The van der Waals surface area contributed by atoms with Crippen molar-refractivity contribution in [2.45, 2.75) is 18.5 Å². The van der Waals surface area contributed by atoms with Crippen molar-refractivity contribution in [3.8, 4) is 17.3 Å². The fraction of sp³-hybridized carbons (Fsp3) is 0.235. The molecule has 1 saturated heterocycles. The number of rotatable bonds is 4. The molecule has 4 rings (SSSR count). The summed E-state index contributed by atoms with van der Waals surface area (Å²) < 4.78 is 10.7. The molecule has 24 heavy (non-hydrogen) atoms. The molecular formula is C17H17N5O2. The van der Waals surface area contributed by atoms with E-state index in [-0.39, 0.29) is 12.1 Å². The molecule has 2 aromatic heterocycles. The number of hydrogen-bond acceptors (Lipinski definition) is 7. The van der Waals surface area contributed by atoms with E-state index in [1.165, 1.54) is 0 Å². The van der Waals surface area contributed by atoms with E-state index in [4.69, 9.17) is 9.26 Å². The maximum Gasteiger partial charge on any atom is 0.245 e. The largest absolute Gasteiger partial charge is 0.497 e. The van der Waals surface area contributed by atoms with Crippen molar-refractivity contribution in [1.29, 1.82) is 0 Å². The second-order valence-corrected chi connectivity index (χ2v) is 5.58. The van der Waals surface area contributed by atoms with Gasteiger partial charge in [0.25, 0.3) is 0 Å². The molecule has 0 saturated carbocycles. The molecule has 3 aromatic rings. The molecule has 2 atom stereocenters. The van der Waals surface area contributed by atoms with Crippen LogP contribution >= 0.6 is 0 Å². The number of pyridine rings is 1. The Kier molecular flexibility index (Phi) is 3.94. The van der Waals surface area contributed by atoms with Crippen LogP contribution in [0.1, 0.15) is 30.0 Å². The van der Waals surface area contributed by atoms with Crippen LogP contribution in [0.25, 0.3) is 11.5 Å². The fourth-order valence-electron chi connectivity index (χ4n) is 2.77. The van der Waals surface area contributed by atoms with Gasteiger partial charge in [-0.3, -0.25) is 4.98 Å². The minimum atomic E-state index is -0.0498. The van der Waals surface area contributed by atoms with Gasteiger partial charge in [0.05, 0.1) is 7.11 Å². The average Bonchev–Trinajstić information content (AvgIpc) is 3.32. The predicted molar refractivity (Wildman–Crippen MR) is 86.9 cm³/mol. The Morgan fingerprint density at radius 3 is 2.88 bits per heavy atom. The SMILES string of the molecule is COc1cccc(C2CC(c3nc(-c4ccccn4)no3)NN2)c1. The van der Waals surface area contributed by atoms with E-state index in [2.05, 4.69) is 32.0 Å². The first-order valence-electron chi connectivity index (χ1n) is 7.73. The molecule has 1 aliphatic heterocycles. The average molecular weight is 323 g/mol. The van der Waals surface area contributed by atoms with Crippen LogP contribution in [-0.4, -0.2) is 22.2 Å². The molecule has 1 aliphatic rings. The summed E-state index contributed by atoms with van der Waals surface area (Å²) in [6, 6.07) is 13.7. The van der Waals surface area contributed by atoms with Crippen molar-refractivity contribution in [3.05, 3.63) is 60.1 Å². The number of nitrogens with one attached hydrogen (secondary N) is 2. The highest BCUT2D eigenvalue weighted by Crippen LogP contribution is 2.31. The van der Waals surface area contributed by atoms with Crippen molar-refractivity contribution < 1.29 is 9.26 Å². The van der Waals surface area contributed by atoms with E-state index in [1.807, 2.05) is 36.4 Å². The summed E-state index contributed by atoms with van der Waals surface area (Å²) in [4.78, 5) is 8.69. The number of benzene rings is 1. The summed E-state index contributed by atoms with van der Waals surface area (Å²) in [7, 11) is 1.67. The van der Waals surface area contributed by atoms with Crippen LogP contribution in [0, 0.1) is 0 Å². The minimum Gasteiger partial charge on any atom is -0.497 e. The molecule has 7 heteroatoms. The highest BCUT2D eigenvalue weighted by molar-refractivity contribution is 5.47. The Labute approximate surface area is 139 Å². The van der Waals surface area contributed by atoms with Gasteiger partial charge in [-0.05, 0) is 36.2 Å². The predicted octanol–water partition coefficient (Wildman–Crippen LogP) is 2.42. The molecule has 2 unspecified atom stereocenters. The molecule has 1 aromatic carbocycles. The van der Waals surface area contributed by atoms with Crippen molar-refractivity contribution >= 4 is 0 Å². The Bertz CT molecular complexity index is 821. The lowest BCUT2D eigenvalue weighted by atomic mass is 10.0. The summed E-state index contributed by atoms with van der Waals surface area (Å²) in [5, 5.41) is 4.02. The Morgan fingerprint density at radius 1 is 1.12 bits per heavy atom. The zero-order chi connectivity index (χ0) is 16.4. The fourth-order valence-corrected chi connectivity index (χ4v) is 2.77. The van der Waals surface area contributed by atoms with Gasteiger partial charge in [0.15, 0.2) is 0 Å². The molecule has 0 bridgehead atoms. The number of methoxy groups -OCH3 is 1. The maximum atomic E-state index is 5.40. The number of aromatic nitrogens is 3. The van der Waals surface area contributed by atoms with Gasteiger partial charge in [0.1, 0.15) is 17.5 Å². The first-order chi connectivity index (χ1) is 11.8. The molecule has 122 valence electrons. The van der Waals surface area contributed by atoms with Crippen LogP contribution in [0.15, 0.2) is 53.2 Å². The second kappa shape index (κ2) is 6.38. The third-order valence-electron chi connectivity index (χ3n) is 4.03. The third kappa shape index (κ3) is 2.86. The van der Waals surface area contributed by atoms with Crippen molar-refractivity contribution in [3.63, 3.8) is 0 Å². The Hall–Kier alpha value is -2.77. The molecule has 2 N–H and O–H groups in total. The summed E-state index contributed by atoms with van der Waals surface area (Å²) in [6.07, 6.45) is 2.51. The Balaban J connectivity index is 1.50. The van der Waals surface area contributed by atoms with Crippen molar-refractivity contribution in [2.24, 2.45) is 0 Å². The number of hydrogen-bond donors (Lipinski definition) is 2. The molecule has 0 amide bonds. The van der Waals surface area contributed by atoms with Crippen LogP contribution in [0.3, 0.4) is 0 Å². The van der Waals surface area contributed by atoms with Crippen molar-refractivity contribution in [2.75, 3.05) is 7.11 Å². The van der Waals surface area contributed by atoms with Crippen LogP contribution in [0.4, 0.5) is 0 Å². The summed E-state index contributed by atoms with van der Waals surface area (Å²) >= 11 is 0. The van der Waals surface area contributed by atoms with E-state index < -0.39 is 0 Å². The van der Waals surface area contributed by atoms with Crippen molar-refractivity contribution in [1.82, 2.24) is 26.0 Å². The van der Waals surface area contributed by atoms with Crippen LogP contribution < -0.4 is 15.6 Å². The van der Waals surface area contributed by atoms with Gasteiger partial charge < -0.3 is 9.26 Å². The molecule has 3 heterocycles. The molecular weight excluding hydrogens is 306 g/mol. The summed E-state index contributed by atoms with van der Waals surface area (Å²) in [6.45, 7) is 0. The zero-order valence-corrected chi connectivity index (χ0v) is 13.1. The molecule has 0 radical (unpaired) electrons. The Morgan fingerprint density at radius 2 is 2.04 bits per heavy atom. The minimum absolute atomic E-state index is 0.0498. The molecule has 1 fully saturated rings. The highest BCUT2D eigenvalue weighted by Gasteiger charge is 2.30. The van der Waals surface area contributed by atoms with Crippen LogP contribution in [0.2, 0.25) is 0 Å². The van der Waals surface area contributed by atoms with Gasteiger partial charge in [0, 0.05) is 12.2 Å². The normalized spacial score (nSPS) is 20.2. The zero-order valence-electron chi connectivity index (χ0n) is 13.1. The van der Waals surface area contributed by atoms with E-state index in [9.17, 15) is 0 Å². The van der Waals surface area contributed by atoms with Gasteiger partial charge in [-0.15, -0.1) is 0 Å².